The van der Waals surface area contributed by atoms with Gasteiger partial charge in [-0.05, 0) is 86.3 Å². The van der Waals surface area contributed by atoms with Gasteiger partial charge in [-0.1, -0.05) is 82.6 Å². The van der Waals surface area contributed by atoms with E-state index in [4.69, 9.17) is 4.74 Å². The second kappa shape index (κ2) is 14.1. The first-order valence-electron chi connectivity index (χ1n) is 13.0. The van der Waals surface area contributed by atoms with Crippen LogP contribution in [0.4, 0.5) is 0 Å². The first kappa shape index (κ1) is 24.6. The predicted octanol–water partition coefficient (Wildman–Crippen LogP) is 8.53. The Morgan fingerprint density at radius 2 is 1.38 bits per heavy atom. The molecule has 1 fully saturated rings. The number of unbranched alkanes of at least 4 members (excludes halogenated alkanes) is 6. The molecule has 1 aliphatic rings. The van der Waals surface area contributed by atoms with Crippen molar-refractivity contribution >= 4 is 5.97 Å². The topological polar surface area (TPSA) is 26.3 Å². The number of carbonyl (C=O) groups excluding carboxylic acids is 1. The van der Waals surface area contributed by atoms with E-state index in [1.807, 2.05) is 24.3 Å². The van der Waals surface area contributed by atoms with E-state index in [9.17, 15) is 4.79 Å². The minimum absolute atomic E-state index is 0.279. The van der Waals surface area contributed by atoms with Crippen LogP contribution in [0.15, 0.2) is 48.5 Å². The molecule has 0 unspecified atom stereocenters. The van der Waals surface area contributed by atoms with Crippen molar-refractivity contribution < 1.29 is 9.53 Å². The monoisotopic (exact) mass is 433 g/mol. The van der Waals surface area contributed by atoms with E-state index >= 15 is 0 Å². The Kier molecular flexibility index (Phi) is 10.8. The Morgan fingerprint density at radius 3 is 2.06 bits per heavy atom. The van der Waals surface area contributed by atoms with Crippen LogP contribution in [0.1, 0.15) is 105 Å². The van der Waals surface area contributed by atoms with E-state index in [0.717, 1.165) is 18.8 Å². The van der Waals surface area contributed by atoms with E-state index in [1.165, 1.54) is 88.2 Å². The largest absolute Gasteiger partial charge is 0.423 e. The van der Waals surface area contributed by atoms with Crippen LogP contribution in [0.2, 0.25) is 0 Å². The van der Waals surface area contributed by atoms with Gasteiger partial charge in [0.15, 0.2) is 0 Å². The molecule has 0 aromatic heterocycles. The highest BCUT2D eigenvalue weighted by atomic mass is 16.5. The standard InChI is InChI=1S/C30H41O2/c1-2-3-4-5-6-7-9-14-26-17-21-28(22-18-26)30(31)32-29-23-19-27(20-24-29)16-15-25-12-10-8-11-13-25/h8,17-25H,2-7,9-16H2,1H3. The quantitative estimate of drug-likeness (QED) is 0.180. The lowest BCUT2D eigenvalue weighted by molar-refractivity contribution is 0.0734. The molecule has 173 valence electrons. The molecule has 0 heterocycles. The fraction of sp³-hybridized carbons (Fsp3) is 0.533. The highest BCUT2D eigenvalue weighted by Crippen LogP contribution is 2.27. The summed E-state index contributed by atoms with van der Waals surface area (Å²) in [7, 11) is 0. The SMILES string of the molecule is CCCCCCCCCc1ccc(C(=O)Oc2ccc(CCC3CC[CH]CC3)cc2)cc1. The lowest BCUT2D eigenvalue weighted by atomic mass is 9.85. The van der Waals surface area contributed by atoms with Crippen LogP contribution in [0.5, 0.6) is 5.75 Å². The highest BCUT2D eigenvalue weighted by Gasteiger charge is 2.13. The van der Waals surface area contributed by atoms with E-state index in [1.54, 1.807) is 0 Å². The van der Waals surface area contributed by atoms with Crippen molar-refractivity contribution in [3.05, 3.63) is 71.6 Å². The molecule has 0 aliphatic heterocycles. The summed E-state index contributed by atoms with van der Waals surface area (Å²) in [5, 5.41) is 0. The van der Waals surface area contributed by atoms with Crippen molar-refractivity contribution in [1.82, 2.24) is 0 Å². The number of ether oxygens (including phenoxy) is 1. The van der Waals surface area contributed by atoms with Gasteiger partial charge in [0.05, 0.1) is 5.56 Å². The predicted molar refractivity (Wildman–Crippen MR) is 134 cm³/mol. The molecule has 2 nitrogen and oxygen atoms in total. The van der Waals surface area contributed by atoms with E-state index in [-0.39, 0.29) is 5.97 Å². The third-order valence-corrected chi connectivity index (χ3v) is 6.79. The Morgan fingerprint density at radius 1 is 0.781 bits per heavy atom. The number of carbonyl (C=O) groups is 1. The van der Waals surface area contributed by atoms with Gasteiger partial charge in [-0.15, -0.1) is 0 Å². The van der Waals surface area contributed by atoms with Gasteiger partial charge in [-0.2, -0.15) is 0 Å². The van der Waals surface area contributed by atoms with Gasteiger partial charge < -0.3 is 4.74 Å². The van der Waals surface area contributed by atoms with Gasteiger partial charge in [0.1, 0.15) is 5.75 Å². The number of rotatable bonds is 13. The van der Waals surface area contributed by atoms with Gasteiger partial charge in [-0.3, -0.25) is 0 Å². The smallest absolute Gasteiger partial charge is 0.343 e. The molecule has 0 spiro atoms. The molecule has 2 aromatic rings. The minimum Gasteiger partial charge on any atom is -0.423 e. The zero-order valence-electron chi connectivity index (χ0n) is 20.0. The summed E-state index contributed by atoms with van der Waals surface area (Å²) in [4.78, 5) is 12.5. The normalized spacial score (nSPS) is 14.4. The molecular formula is C30H41O2. The van der Waals surface area contributed by atoms with Crippen LogP contribution < -0.4 is 4.74 Å². The van der Waals surface area contributed by atoms with Crippen molar-refractivity contribution in [2.24, 2.45) is 5.92 Å². The molecule has 1 aliphatic carbocycles. The zero-order chi connectivity index (χ0) is 22.4. The molecule has 2 aromatic carbocycles. The Bertz CT molecular complexity index is 769. The van der Waals surface area contributed by atoms with Crippen LogP contribution in [0.25, 0.3) is 0 Å². The molecule has 0 bridgehead atoms. The molecule has 0 atom stereocenters. The van der Waals surface area contributed by atoms with Crippen molar-refractivity contribution in [2.45, 2.75) is 96.8 Å². The number of benzene rings is 2. The first-order valence-corrected chi connectivity index (χ1v) is 13.0. The second-order valence-electron chi connectivity index (χ2n) is 9.45. The molecule has 2 heteroatoms. The fourth-order valence-corrected chi connectivity index (χ4v) is 4.64. The Hall–Kier alpha value is -2.09. The number of aryl methyl sites for hydroxylation is 2. The van der Waals surface area contributed by atoms with E-state index in [0.29, 0.717) is 11.3 Å². The summed E-state index contributed by atoms with van der Waals surface area (Å²) < 4.78 is 5.59. The van der Waals surface area contributed by atoms with Crippen LogP contribution in [0, 0.1) is 12.3 Å². The summed E-state index contributed by atoms with van der Waals surface area (Å²) in [6.07, 6.45) is 20.4. The van der Waals surface area contributed by atoms with Crippen LogP contribution >= 0.6 is 0 Å². The average Bonchev–Trinajstić information content (AvgIpc) is 2.84. The number of esters is 1. The Labute approximate surface area is 195 Å². The van der Waals surface area contributed by atoms with Crippen LogP contribution in [0.3, 0.4) is 0 Å². The third-order valence-electron chi connectivity index (χ3n) is 6.79. The fourth-order valence-electron chi connectivity index (χ4n) is 4.64. The maximum Gasteiger partial charge on any atom is 0.343 e. The minimum atomic E-state index is -0.279. The number of hydrogen-bond donors (Lipinski definition) is 0. The molecule has 0 amide bonds. The maximum absolute atomic E-state index is 12.5. The van der Waals surface area contributed by atoms with Gasteiger partial charge in [0, 0.05) is 0 Å². The van der Waals surface area contributed by atoms with Crippen molar-refractivity contribution in [1.29, 1.82) is 0 Å². The molecule has 3 rings (SSSR count). The second-order valence-corrected chi connectivity index (χ2v) is 9.45. The van der Waals surface area contributed by atoms with E-state index in [2.05, 4.69) is 37.6 Å². The summed E-state index contributed by atoms with van der Waals surface area (Å²) in [6.45, 7) is 2.26. The summed E-state index contributed by atoms with van der Waals surface area (Å²) in [5.74, 6) is 1.21. The van der Waals surface area contributed by atoms with Crippen molar-refractivity contribution in [3.8, 4) is 5.75 Å². The zero-order valence-corrected chi connectivity index (χ0v) is 20.0. The maximum atomic E-state index is 12.5. The molecule has 0 saturated heterocycles. The molecule has 0 N–H and O–H groups in total. The lowest BCUT2D eigenvalue weighted by Crippen LogP contribution is -2.09. The highest BCUT2D eigenvalue weighted by molar-refractivity contribution is 5.91. The lowest BCUT2D eigenvalue weighted by Gasteiger charge is -2.21. The third kappa shape index (κ3) is 8.81. The summed E-state index contributed by atoms with van der Waals surface area (Å²) in [5.41, 5.74) is 3.25. The van der Waals surface area contributed by atoms with Crippen molar-refractivity contribution in [3.63, 3.8) is 0 Å². The van der Waals surface area contributed by atoms with Crippen molar-refractivity contribution in [2.75, 3.05) is 0 Å². The van der Waals surface area contributed by atoms with Gasteiger partial charge in [0.2, 0.25) is 0 Å². The van der Waals surface area contributed by atoms with Crippen LogP contribution in [-0.2, 0) is 12.8 Å². The molecule has 32 heavy (non-hydrogen) atoms. The summed E-state index contributed by atoms with van der Waals surface area (Å²) in [6, 6.07) is 16.0. The van der Waals surface area contributed by atoms with Gasteiger partial charge in [-0.25, -0.2) is 4.79 Å². The van der Waals surface area contributed by atoms with E-state index < -0.39 is 0 Å². The van der Waals surface area contributed by atoms with Crippen LogP contribution in [-0.4, -0.2) is 5.97 Å². The molecular weight excluding hydrogens is 392 g/mol. The summed E-state index contributed by atoms with van der Waals surface area (Å²) >= 11 is 0. The first-order chi connectivity index (χ1) is 15.7. The van der Waals surface area contributed by atoms with Gasteiger partial charge in [0.25, 0.3) is 0 Å². The Balaban J connectivity index is 1.37. The average molecular weight is 434 g/mol. The molecule has 1 radical (unpaired) electrons. The van der Waals surface area contributed by atoms with Gasteiger partial charge >= 0.3 is 5.97 Å². The molecule has 1 saturated carbocycles. The number of hydrogen-bond acceptors (Lipinski definition) is 2.